The Balaban J connectivity index is 1.45. The van der Waals surface area contributed by atoms with E-state index >= 15 is 0 Å². The molecule has 3 aromatic rings. The fourth-order valence-electron chi connectivity index (χ4n) is 2.43. The average Bonchev–Trinajstić information content (AvgIpc) is 3.34. The molecule has 2 amide bonds. The van der Waals surface area contributed by atoms with Gasteiger partial charge in [0.05, 0.1) is 16.3 Å². The van der Waals surface area contributed by atoms with Crippen molar-refractivity contribution in [1.29, 1.82) is 0 Å². The summed E-state index contributed by atoms with van der Waals surface area (Å²) in [7, 11) is 0. The van der Waals surface area contributed by atoms with Gasteiger partial charge in [0.2, 0.25) is 5.91 Å². The molecule has 3 rings (SSSR count). The normalized spacial score (nSPS) is 11.7. The standard InChI is InChI=1S/C19H20N4O2S/c1-14(21-19(25)17-8-5-13-26-17)18(24)20-11-9-15-10-12-23(22-15)16-6-3-2-4-7-16/h2-8,10,12-14H,9,11H2,1H3,(H,20,24)(H,21,25). The van der Waals surface area contributed by atoms with E-state index in [1.54, 1.807) is 23.7 Å². The van der Waals surface area contributed by atoms with E-state index in [-0.39, 0.29) is 11.8 Å². The summed E-state index contributed by atoms with van der Waals surface area (Å²) in [5.41, 5.74) is 1.89. The highest BCUT2D eigenvalue weighted by Crippen LogP contribution is 2.08. The van der Waals surface area contributed by atoms with Crippen LogP contribution in [0.1, 0.15) is 22.3 Å². The minimum atomic E-state index is -0.591. The summed E-state index contributed by atoms with van der Waals surface area (Å²) in [5.74, 6) is -0.443. The third kappa shape index (κ3) is 4.58. The SMILES string of the molecule is CC(NC(=O)c1cccs1)C(=O)NCCc1ccn(-c2ccccc2)n1. The zero-order valence-corrected chi connectivity index (χ0v) is 15.2. The molecule has 7 heteroatoms. The van der Waals surface area contributed by atoms with E-state index in [1.165, 1.54) is 11.3 Å². The van der Waals surface area contributed by atoms with Crippen molar-refractivity contribution in [3.63, 3.8) is 0 Å². The third-order valence-electron chi connectivity index (χ3n) is 3.83. The fraction of sp³-hybridized carbons (Fsp3) is 0.211. The minimum absolute atomic E-state index is 0.211. The summed E-state index contributed by atoms with van der Waals surface area (Å²) in [5, 5.41) is 11.9. The number of hydrogen-bond acceptors (Lipinski definition) is 4. The van der Waals surface area contributed by atoms with Gasteiger partial charge in [0, 0.05) is 19.2 Å². The lowest BCUT2D eigenvalue weighted by Gasteiger charge is -2.13. The van der Waals surface area contributed by atoms with Gasteiger partial charge in [0.15, 0.2) is 0 Å². The number of nitrogens with one attached hydrogen (secondary N) is 2. The molecule has 2 aromatic heterocycles. The van der Waals surface area contributed by atoms with Crippen molar-refractivity contribution in [3.8, 4) is 5.69 Å². The van der Waals surface area contributed by atoms with Gasteiger partial charge in [-0.15, -0.1) is 11.3 Å². The largest absolute Gasteiger partial charge is 0.354 e. The fourth-order valence-corrected chi connectivity index (χ4v) is 3.05. The Labute approximate surface area is 155 Å². The number of hydrogen-bond donors (Lipinski definition) is 2. The smallest absolute Gasteiger partial charge is 0.261 e. The van der Waals surface area contributed by atoms with E-state index in [0.717, 1.165) is 11.4 Å². The first-order valence-corrected chi connectivity index (χ1v) is 9.23. The summed E-state index contributed by atoms with van der Waals surface area (Å²) in [6, 6.07) is 14.7. The Kier molecular flexibility index (Phi) is 5.80. The van der Waals surface area contributed by atoms with E-state index in [1.807, 2.05) is 48.0 Å². The molecule has 0 aliphatic carbocycles. The van der Waals surface area contributed by atoms with Gasteiger partial charge in [-0.1, -0.05) is 24.3 Å². The molecule has 0 aliphatic rings. The molecule has 0 radical (unpaired) electrons. The molecule has 134 valence electrons. The third-order valence-corrected chi connectivity index (χ3v) is 4.70. The Morgan fingerprint density at radius 1 is 1.15 bits per heavy atom. The number of rotatable bonds is 7. The van der Waals surface area contributed by atoms with Crippen molar-refractivity contribution in [3.05, 3.63) is 70.7 Å². The van der Waals surface area contributed by atoms with Gasteiger partial charge < -0.3 is 10.6 Å². The van der Waals surface area contributed by atoms with Crippen LogP contribution in [0.4, 0.5) is 0 Å². The van der Waals surface area contributed by atoms with E-state index in [0.29, 0.717) is 17.8 Å². The molecule has 1 aromatic carbocycles. The molecule has 6 nitrogen and oxygen atoms in total. The number of thiophene rings is 1. The van der Waals surface area contributed by atoms with Gasteiger partial charge in [0.1, 0.15) is 6.04 Å². The monoisotopic (exact) mass is 368 g/mol. The van der Waals surface area contributed by atoms with Crippen LogP contribution in [-0.4, -0.2) is 34.2 Å². The second-order valence-electron chi connectivity index (χ2n) is 5.80. The molecule has 0 spiro atoms. The van der Waals surface area contributed by atoms with Crippen LogP contribution in [0.2, 0.25) is 0 Å². The van der Waals surface area contributed by atoms with E-state index in [4.69, 9.17) is 0 Å². The number of amides is 2. The van der Waals surface area contributed by atoms with Gasteiger partial charge >= 0.3 is 0 Å². The van der Waals surface area contributed by atoms with E-state index in [2.05, 4.69) is 15.7 Å². The number of benzene rings is 1. The zero-order valence-electron chi connectivity index (χ0n) is 14.4. The lowest BCUT2D eigenvalue weighted by molar-refractivity contribution is -0.122. The maximum Gasteiger partial charge on any atom is 0.261 e. The van der Waals surface area contributed by atoms with Gasteiger partial charge in [0.25, 0.3) is 5.91 Å². The highest BCUT2D eigenvalue weighted by atomic mass is 32.1. The van der Waals surface area contributed by atoms with Crippen molar-refractivity contribution >= 4 is 23.2 Å². The summed E-state index contributed by atoms with van der Waals surface area (Å²) < 4.78 is 1.81. The first kappa shape index (κ1) is 17.9. The molecule has 0 aliphatic heterocycles. The van der Waals surface area contributed by atoms with Crippen LogP contribution in [0.3, 0.4) is 0 Å². The maximum absolute atomic E-state index is 12.1. The number of carbonyl (C=O) groups excluding carboxylic acids is 2. The van der Waals surface area contributed by atoms with Crippen LogP contribution in [0.15, 0.2) is 60.1 Å². The molecule has 2 heterocycles. The highest BCUT2D eigenvalue weighted by Gasteiger charge is 2.16. The second kappa shape index (κ2) is 8.44. The summed E-state index contributed by atoms with van der Waals surface area (Å²) in [6.07, 6.45) is 2.52. The molecule has 1 atom stereocenters. The molecule has 2 N–H and O–H groups in total. The molecule has 26 heavy (non-hydrogen) atoms. The van der Waals surface area contributed by atoms with Crippen molar-refractivity contribution in [2.24, 2.45) is 0 Å². The maximum atomic E-state index is 12.1. The van der Waals surface area contributed by atoms with Crippen LogP contribution in [-0.2, 0) is 11.2 Å². The topological polar surface area (TPSA) is 76.0 Å². The number of aromatic nitrogens is 2. The lowest BCUT2D eigenvalue weighted by Crippen LogP contribution is -2.45. The lowest BCUT2D eigenvalue weighted by atomic mass is 10.2. The van der Waals surface area contributed by atoms with Gasteiger partial charge in [-0.3, -0.25) is 9.59 Å². The van der Waals surface area contributed by atoms with E-state index < -0.39 is 6.04 Å². The predicted molar refractivity (Wildman–Crippen MR) is 102 cm³/mol. The van der Waals surface area contributed by atoms with Crippen molar-refractivity contribution in [2.75, 3.05) is 6.54 Å². The Bertz CT molecular complexity index is 859. The van der Waals surface area contributed by atoms with Crippen LogP contribution in [0.5, 0.6) is 0 Å². The van der Waals surface area contributed by atoms with Crippen LogP contribution in [0, 0.1) is 0 Å². The minimum Gasteiger partial charge on any atom is -0.354 e. The quantitative estimate of drug-likeness (QED) is 0.672. The van der Waals surface area contributed by atoms with Crippen LogP contribution in [0.25, 0.3) is 5.69 Å². The average molecular weight is 368 g/mol. The summed E-state index contributed by atoms with van der Waals surface area (Å²) >= 11 is 1.35. The molecule has 0 fully saturated rings. The molecule has 0 bridgehead atoms. The number of nitrogens with zero attached hydrogens (tertiary/aromatic N) is 2. The summed E-state index contributed by atoms with van der Waals surface area (Å²) in [4.78, 5) is 24.7. The first-order valence-electron chi connectivity index (χ1n) is 8.35. The van der Waals surface area contributed by atoms with Crippen LogP contribution < -0.4 is 10.6 Å². The van der Waals surface area contributed by atoms with Crippen LogP contribution >= 0.6 is 11.3 Å². The number of carbonyl (C=O) groups is 2. The van der Waals surface area contributed by atoms with Gasteiger partial charge in [-0.2, -0.15) is 5.10 Å². The molecule has 0 saturated carbocycles. The molecule has 0 saturated heterocycles. The highest BCUT2D eigenvalue weighted by molar-refractivity contribution is 7.12. The van der Waals surface area contributed by atoms with E-state index in [9.17, 15) is 9.59 Å². The molecular formula is C19H20N4O2S. The Morgan fingerprint density at radius 2 is 1.96 bits per heavy atom. The van der Waals surface area contributed by atoms with Crippen molar-refractivity contribution < 1.29 is 9.59 Å². The second-order valence-corrected chi connectivity index (χ2v) is 6.75. The van der Waals surface area contributed by atoms with Crippen molar-refractivity contribution in [1.82, 2.24) is 20.4 Å². The summed E-state index contributed by atoms with van der Waals surface area (Å²) in [6.45, 7) is 2.13. The molecule has 1 unspecified atom stereocenters. The Hall–Kier alpha value is -2.93. The van der Waals surface area contributed by atoms with Crippen molar-refractivity contribution in [2.45, 2.75) is 19.4 Å². The first-order chi connectivity index (χ1) is 12.6. The number of para-hydroxylation sites is 1. The predicted octanol–water partition coefficient (Wildman–Crippen LogP) is 2.41. The molecular weight excluding hydrogens is 348 g/mol. The van der Waals surface area contributed by atoms with Gasteiger partial charge in [-0.25, -0.2) is 4.68 Å². The zero-order chi connectivity index (χ0) is 18.4. The Morgan fingerprint density at radius 3 is 2.69 bits per heavy atom. The van der Waals surface area contributed by atoms with Gasteiger partial charge in [-0.05, 0) is 36.6 Å².